The molecule has 1 unspecified atom stereocenters. The van der Waals surface area contributed by atoms with E-state index in [1.807, 2.05) is 0 Å². The van der Waals surface area contributed by atoms with Gasteiger partial charge in [-0.2, -0.15) is 0 Å². The Morgan fingerprint density at radius 2 is 2.10 bits per heavy atom. The van der Waals surface area contributed by atoms with Crippen molar-refractivity contribution in [1.82, 2.24) is 10.2 Å². The van der Waals surface area contributed by atoms with Crippen LogP contribution in [0.25, 0.3) is 0 Å². The van der Waals surface area contributed by atoms with Crippen LogP contribution in [0.3, 0.4) is 0 Å². The molecule has 2 amide bonds. The van der Waals surface area contributed by atoms with Gasteiger partial charge in [-0.1, -0.05) is 27.6 Å². The predicted octanol–water partition coefficient (Wildman–Crippen LogP) is 0.854. The number of alkyl halides is 1. The second-order valence-electron chi connectivity index (χ2n) is 4.16. The number of esters is 1. The maximum absolute atomic E-state index is 11.7. The molecule has 0 spiro atoms. The zero-order valence-electron chi connectivity index (χ0n) is 12.0. The molecule has 20 heavy (non-hydrogen) atoms. The molecule has 0 saturated carbocycles. The summed E-state index contributed by atoms with van der Waals surface area (Å²) in [6.45, 7) is 3.99. The van der Waals surface area contributed by atoms with E-state index in [-0.39, 0.29) is 12.5 Å². The van der Waals surface area contributed by atoms with Crippen LogP contribution in [-0.2, 0) is 19.1 Å². The number of halogens is 1. The minimum atomic E-state index is -0.803. The van der Waals surface area contributed by atoms with Crippen LogP contribution in [-0.4, -0.2) is 54.8 Å². The lowest BCUT2D eigenvalue weighted by Crippen LogP contribution is -2.36. The Morgan fingerprint density at radius 1 is 1.45 bits per heavy atom. The maximum Gasteiger partial charge on any atom is 0.332 e. The van der Waals surface area contributed by atoms with Crippen LogP contribution in [0.2, 0.25) is 0 Å². The summed E-state index contributed by atoms with van der Waals surface area (Å²) in [4.78, 5) is 34.9. The molecule has 0 bridgehead atoms. The highest BCUT2D eigenvalue weighted by Crippen LogP contribution is 2.09. The Kier molecular flexibility index (Phi) is 9.71. The van der Waals surface area contributed by atoms with Crippen LogP contribution in [0.15, 0.2) is 11.6 Å². The van der Waals surface area contributed by atoms with E-state index in [9.17, 15) is 14.4 Å². The summed E-state index contributed by atoms with van der Waals surface area (Å²) in [5, 5.41) is 2.96. The highest BCUT2D eigenvalue weighted by Gasteiger charge is 2.17. The molecule has 0 aromatic carbocycles. The Hall–Kier alpha value is -1.37. The number of amides is 2. The van der Waals surface area contributed by atoms with Crippen molar-refractivity contribution in [3.05, 3.63) is 11.6 Å². The molecular weight excluding hydrogens is 328 g/mol. The van der Waals surface area contributed by atoms with Crippen molar-refractivity contribution in [2.45, 2.75) is 26.3 Å². The van der Waals surface area contributed by atoms with Crippen molar-refractivity contribution in [3.8, 4) is 0 Å². The largest absolute Gasteiger partial charge is 0.464 e. The van der Waals surface area contributed by atoms with Gasteiger partial charge in [-0.05, 0) is 13.3 Å². The summed E-state index contributed by atoms with van der Waals surface area (Å²) in [7, 11) is 1.71. The van der Waals surface area contributed by atoms with Gasteiger partial charge in [-0.3, -0.25) is 9.59 Å². The average molecular weight is 349 g/mol. The monoisotopic (exact) mass is 348 g/mol. The SMILES string of the molecule is CCOC(=O)C(C=C(CBr)CCN(C)C(C)=O)NC=O. The Labute approximate surface area is 127 Å². The Morgan fingerprint density at radius 3 is 2.55 bits per heavy atom. The third kappa shape index (κ3) is 7.28. The van der Waals surface area contributed by atoms with Gasteiger partial charge in [-0.15, -0.1) is 0 Å². The second kappa shape index (κ2) is 10.4. The highest BCUT2D eigenvalue weighted by molar-refractivity contribution is 9.09. The predicted molar refractivity (Wildman–Crippen MR) is 79.4 cm³/mol. The smallest absolute Gasteiger partial charge is 0.332 e. The first kappa shape index (κ1) is 18.6. The molecule has 0 fully saturated rings. The van der Waals surface area contributed by atoms with E-state index in [0.29, 0.717) is 24.7 Å². The minimum Gasteiger partial charge on any atom is -0.464 e. The molecule has 7 heteroatoms. The number of nitrogens with one attached hydrogen (secondary N) is 1. The highest BCUT2D eigenvalue weighted by atomic mass is 79.9. The van der Waals surface area contributed by atoms with Gasteiger partial charge in [0.2, 0.25) is 12.3 Å². The molecule has 0 radical (unpaired) electrons. The maximum atomic E-state index is 11.7. The summed E-state index contributed by atoms with van der Waals surface area (Å²) < 4.78 is 4.88. The topological polar surface area (TPSA) is 75.7 Å². The zero-order chi connectivity index (χ0) is 15.5. The molecule has 1 N–H and O–H groups in total. The van der Waals surface area contributed by atoms with E-state index in [2.05, 4.69) is 21.2 Å². The van der Waals surface area contributed by atoms with Crippen LogP contribution in [0.5, 0.6) is 0 Å². The molecule has 0 heterocycles. The second-order valence-corrected chi connectivity index (χ2v) is 4.72. The van der Waals surface area contributed by atoms with Crippen LogP contribution < -0.4 is 5.32 Å². The zero-order valence-corrected chi connectivity index (χ0v) is 13.6. The summed E-state index contributed by atoms with van der Waals surface area (Å²) in [6, 6.07) is -0.803. The van der Waals surface area contributed by atoms with E-state index in [0.717, 1.165) is 5.57 Å². The minimum absolute atomic E-state index is 0.0214. The van der Waals surface area contributed by atoms with Gasteiger partial charge in [0.25, 0.3) is 0 Å². The first-order valence-corrected chi connectivity index (χ1v) is 7.41. The quantitative estimate of drug-likeness (QED) is 0.290. The van der Waals surface area contributed by atoms with Crippen LogP contribution >= 0.6 is 15.9 Å². The third-order valence-corrected chi connectivity index (χ3v) is 3.39. The summed E-state index contributed by atoms with van der Waals surface area (Å²) in [5.41, 5.74) is 0.908. The van der Waals surface area contributed by atoms with Crippen LogP contribution in [0.1, 0.15) is 20.3 Å². The fraction of sp³-hybridized carbons (Fsp3) is 0.615. The van der Waals surface area contributed by atoms with Gasteiger partial charge >= 0.3 is 5.97 Å². The number of hydrogen-bond acceptors (Lipinski definition) is 4. The van der Waals surface area contributed by atoms with Gasteiger partial charge in [0.05, 0.1) is 6.61 Å². The van der Waals surface area contributed by atoms with E-state index in [1.54, 1.807) is 24.9 Å². The van der Waals surface area contributed by atoms with Crippen molar-refractivity contribution in [3.63, 3.8) is 0 Å². The molecular formula is C13H21BrN2O4. The number of nitrogens with zero attached hydrogens (tertiary/aromatic N) is 1. The van der Waals surface area contributed by atoms with Crippen LogP contribution in [0, 0.1) is 0 Å². The standard InChI is InChI=1S/C13H21BrN2O4/c1-4-20-13(19)12(15-9-17)7-11(8-14)5-6-16(3)10(2)18/h7,9,12H,4-6,8H2,1-3H3,(H,15,17). The number of hydrogen-bond donors (Lipinski definition) is 1. The number of rotatable bonds is 9. The number of carbonyl (C=O) groups is 3. The van der Waals surface area contributed by atoms with E-state index < -0.39 is 12.0 Å². The van der Waals surface area contributed by atoms with Crippen molar-refractivity contribution >= 4 is 34.2 Å². The van der Waals surface area contributed by atoms with Gasteiger partial charge in [0.15, 0.2) is 0 Å². The van der Waals surface area contributed by atoms with Gasteiger partial charge in [0.1, 0.15) is 6.04 Å². The van der Waals surface area contributed by atoms with Gasteiger partial charge < -0.3 is 15.0 Å². The van der Waals surface area contributed by atoms with Crippen molar-refractivity contribution in [2.75, 3.05) is 25.5 Å². The first-order chi connectivity index (χ1) is 9.46. The number of ether oxygens (including phenoxy) is 1. The van der Waals surface area contributed by atoms with Crippen molar-refractivity contribution in [1.29, 1.82) is 0 Å². The fourth-order valence-corrected chi connectivity index (χ4v) is 1.86. The summed E-state index contributed by atoms with van der Waals surface area (Å²) in [5.74, 6) is -0.523. The summed E-state index contributed by atoms with van der Waals surface area (Å²) in [6.07, 6.45) is 2.72. The fourth-order valence-electron chi connectivity index (χ4n) is 1.39. The Balaban J connectivity index is 4.73. The molecule has 6 nitrogen and oxygen atoms in total. The Bertz CT molecular complexity index is 371. The lowest BCUT2D eigenvalue weighted by molar-refractivity contribution is -0.145. The molecule has 0 aliphatic carbocycles. The van der Waals surface area contributed by atoms with Gasteiger partial charge in [0, 0.05) is 25.8 Å². The lowest BCUT2D eigenvalue weighted by atomic mass is 10.1. The summed E-state index contributed by atoms with van der Waals surface area (Å²) >= 11 is 3.33. The molecule has 0 saturated heterocycles. The molecule has 0 aromatic heterocycles. The molecule has 0 rings (SSSR count). The normalized spacial score (nSPS) is 12.5. The number of carbonyl (C=O) groups excluding carboxylic acids is 3. The van der Waals surface area contributed by atoms with E-state index >= 15 is 0 Å². The lowest BCUT2D eigenvalue weighted by Gasteiger charge is -2.17. The van der Waals surface area contributed by atoms with E-state index in [4.69, 9.17) is 4.74 Å². The van der Waals surface area contributed by atoms with Crippen LogP contribution in [0.4, 0.5) is 0 Å². The molecule has 0 aromatic rings. The average Bonchev–Trinajstić information content (AvgIpc) is 2.41. The molecule has 0 aliphatic heterocycles. The molecule has 114 valence electrons. The molecule has 0 aliphatic rings. The first-order valence-electron chi connectivity index (χ1n) is 6.29. The molecule has 1 atom stereocenters. The van der Waals surface area contributed by atoms with Crippen molar-refractivity contribution in [2.24, 2.45) is 0 Å². The van der Waals surface area contributed by atoms with E-state index in [1.165, 1.54) is 6.92 Å². The van der Waals surface area contributed by atoms with Gasteiger partial charge in [-0.25, -0.2) is 4.79 Å². The van der Waals surface area contributed by atoms with Crippen molar-refractivity contribution < 1.29 is 19.1 Å². The third-order valence-electron chi connectivity index (χ3n) is 2.67.